The number of hydrogen-bond donors (Lipinski definition) is 3. The van der Waals surface area contributed by atoms with E-state index in [1.807, 2.05) is 32.9 Å². The Bertz CT molecular complexity index is 944. The van der Waals surface area contributed by atoms with Crippen LogP contribution in [0.5, 0.6) is 0 Å². The molecule has 192 valence electrons. The van der Waals surface area contributed by atoms with Crippen LogP contribution in [-0.4, -0.2) is 53.4 Å². The second-order valence-corrected chi connectivity index (χ2v) is 9.46. The fourth-order valence-electron chi connectivity index (χ4n) is 3.55. The maximum atomic E-state index is 13.6. The minimum absolute atomic E-state index is 0.395. The highest BCUT2D eigenvalue weighted by molar-refractivity contribution is 5.94. The Morgan fingerprint density at radius 1 is 1.14 bits per heavy atom. The van der Waals surface area contributed by atoms with Crippen molar-refractivity contribution in [2.24, 2.45) is 5.73 Å². The Kier molecular flexibility index (Phi) is 11.2. The molecule has 1 aromatic rings. The fraction of sp³-hybridized carbons (Fsp3) is 0.560. The number of aryl methyl sites for hydroxylation is 2. The van der Waals surface area contributed by atoms with Gasteiger partial charge in [0.25, 0.3) is 0 Å². The van der Waals surface area contributed by atoms with E-state index in [2.05, 4.69) is 10.6 Å². The minimum Gasteiger partial charge on any atom is -0.444 e. The van der Waals surface area contributed by atoms with Gasteiger partial charge in [-0.15, -0.1) is 0 Å². The van der Waals surface area contributed by atoms with Gasteiger partial charge in [-0.3, -0.25) is 14.4 Å². The van der Waals surface area contributed by atoms with Crippen LogP contribution in [0.3, 0.4) is 0 Å². The second kappa shape index (κ2) is 13.3. The summed E-state index contributed by atoms with van der Waals surface area (Å²) in [5.74, 6) is -2.11. The lowest BCUT2D eigenvalue weighted by Crippen LogP contribution is -2.54. The van der Waals surface area contributed by atoms with Gasteiger partial charge in [-0.25, -0.2) is 4.79 Å². The number of nitrogens with one attached hydrogen (secondary N) is 2. The van der Waals surface area contributed by atoms with Gasteiger partial charge in [0.1, 0.15) is 24.2 Å². The minimum atomic E-state index is -1.42. The summed E-state index contributed by atoms with van der Waals surface area (Å²) < 4.78 is 5.21. The molecule has 0 saturated heterocycles. The molecule has 2 unspecified atom stereocenters. The number of nitrogens with two attached hydrogens (primary N) is 1. The van der Waals surface area contributed by atoms with E-state index in [1.54, 1.807) is 32.9 Å². The third-order valence-corrected chi connectivity index (χ3v) is 4.87. The highest BCUT2D eigenvalue weighted by atomic mass is 16.6. The summed E-state index contributed by atoms with van der Waals surface area (Å²) in [7, 11) is 0. The third-order valence-electron chi connectivity index (χ3n) is 4.87. The highest BCUT2D eigenvalue weighted by Crippen LogP contribution is 2.25. The van der Waals surface area contributed by atoms with Crippen LogP contribution in [0.1, 0.15) is 69.7 Å². The molecule has 4 N–H and O–H groups in total. The molecule has 0 aliphatic rings. The normalized spacial score (nSPS) is 12.6. The highest BCUT2D eigenvalue weighted by Gasteiger charge is 2.37. The number of primary amides is 1. The van der Waals surface area contributed by atoms with Crippen molar-refractivity contribution in [3.8, 4) is 6.07 Å². The van der Waals surface area contributed by atoms with E-state index in [-0.39, 0.29) is 0 Å². The first-order valence-electron chi connectivity index (χ1n) is 11.6. The summed E-state index contributed by atoms with van der Waals surface area (Å²) in [6.45, 7) is 10.6. The maximum Gasteiger partial charge on any atom is 0.408 e. The van der Waals surface area contributed by atoms with Gasteiger partial charge >= 0.3 is 6.09 Å². The van der Waals surface area contributed by atoms with Crippen molar-refractivity contribution in [2.45, 2.75) is 78.5 Å². The van der Waals surface area contributed by atoms with Crippen LogP contribution in [0, 0.1) is 25.2 Å². The molecule has 0 spiro atoms. The summed E-state index contributed by atoms with van der Waals surface area (Å²) in [6, 6.07) is 4.78. The first-order valence-corrected chi connectivity index (χ1v) is 11.6. The largest absolute Gasteiger partial charge is 0.444 e. The molecule has 35 heavy (non-hydrogen) atoms. The predicted molar refractivity (Wildman–Crippen MR) is 131 cm³/mol. The van der Waals surface area contributed by atoms with Crippen molar-refractivity contribution in [1.82, 2.24) is 15.5 Å². The molecule has 1 aromatic carbocycles. The van der Waals surface area contributed by atoms with E-state index in [9.17, 15) is 24.4 Å². The van der Waals surface area contributed by atoms with E-state index in [1.165, 1.54) is 0 Å². The lowest BCUT2D eigenvalue weighted by Gasteiger charge is -2.33. The molecule has 0 aliphatic carbocycles. The van der Waals surface area contributed by atoms with Gasteiger partial charge in [0.15, 0.2) is 0 Å². The first kappa shape index (κ1) is 29.4. The Labute approximate surface area is 207 Å². The number of amides is 4. The molecule has 10 nitrogen and oxygen atoms in total. The monoisotopic (exact) mass is 487 g/mol. The number of rotatable bonds is 11. The molecular weight excluding hydrogens is 450 g/mol. The zero-order valence-electron chi connectivity index (χ0n) is 21.4. The lowest BCUT2D eigenvalue weighted by atomic mass is 9.98. The lowest BCUT2D eigenvalue weighted by molar-refractivity contribution is -0.142. The number of carbonyl (C=O) groups excluding carboxylic acids is 4. The summed E-state index contributed by atoms with van der Waals surface area (Å²) in [5, 5.41) is 14.7. The molecule has 0 saturated carbocycles. The van der Waals surface area contributed by atoms with Crippen LogP contribution in [0.4, 0.5) is 4.79 Å². The molecule has 1 rings (SSSR count). The number of ether oxygens (including phenoxy) is 1. The molecule has 0 fully saturated rings. The van der Waals surface area contributed by atoms with Gasteiger partial charge in [-0.05, 0) is 46.6 Å². The quantitative estimate of drug-likeness (QED) is 0.321. The van der Waals surface area contributed by atoms with Gasteiger partial charge in [0, 0.05) is 6.54 Å². The van der Waals surface area contributed by atoms with Crippen molar-refractivity contribution in [1.29, 1.82) is 5.26 Å². The van der Waals surface area contributed by atoms with Crippen LogP contribution in [0.25, 0.3) is 0 Å². The summed E-state index contributed by atoms with van der Waals surface area (Å²) >= 11 is 0. The topological polar surface area (TPSA) is 155 Å². The number of hydrogen-bond acceptors (Lipinski definition) is 6. The standard InChI is InChI=1S/C25H37N5O5/c1-7-8-10-28-22(32)21(18-13-16(2)12-17(3)14-18)30(11-9-26)23(33)19(15-20(27)31)29-24(34)35-25(4,5)6/h12-14,19,21H,7-8,10-11,15H2,1-6H3,(H2,27,31)(H,28,32)(H,29,34). The van der Waals surface area contributed by atoms with Crippen molar-refractivity contribution >= 4 is 23.8 Å². The Morgan fingerprint density at radius 2 is 1.74 bits per heavy atom. The van der Waals surface area contributed by atoms with E-state index in [0.717, 1.165) is 28.9 Å². The van der Waals surface area contributed by atoms with Crippen LogP contribution < -0.4 is 16.4 Å². The Balaban J connectivity index is 3.47. The molecule has 0 aromatic heterocycles. The summed E-state index contributed by atoms with van der Waals surface area (Å²) in [5.41, 5.74) is 6.73. The average Bonchev–Trinajstić information content (AvgIpc) is 2.70. The molecule has 0 heterocycles. The van der Waals surface area contributed by atoms with Gasteiger partial charge in [-0.1, -0.05) is 42.7 Å². The van der Waals surface area contributed by atoms with Crippen LogP contribution in [0.2, 0.25) is 0 Å². The van der Waals surface area contributed by atoms with Crippen molar-refractivity contribution < 1.29 is 23.9 Å². The molecule has 10 heteroatoms. The number of nitrogens with zero attached hydrogens (tertiary/aromatic N) is 2. The van der Waals surface area contributed by atoms with Crippen LogP contribution in [0.15, 0.2) is 18.2 Å². The predicted octanol–water partition coefficient (Wildman–Crippen LogP) is 2.38. The summed E-state index contributed by atoms with van der Waals surface area (Å²) in [6.07, 6.45) is 0.138. The Morgan fingerprint density at radius 3 is 2.23 bits per heavy atom. The Hall–Kier alpha value is -3.61. The maximum absolute atomic E-state index is 13.6. The molecule has 4 amide bonds. The zero-order chi connectivity index (χ0) is 26.8. The van der Waals surface area contributed by atoms with Crippen molar-refractivity contribution in [3.05, 3.63) is 34.9 Å². The second-order valence-electron chi connectivity index (χ2n) is 9.46. The number of nitriles is 1. The van der Waals surface area contributed by atoms with Gasteiger partial charge in [-0.2, -0.15) is 5.26 Å². The van der Waals surface area contributed by atoms with E-state index in [0.29, 0.717) is 12.1 Å². The number of alkyl carbamates (subject to hydrolysis) is 1. The van der Waals surface area contributed by atoms with Gasteiger partial charge in [0.2, 0.25) is 17.7 Å². The first-order chi connectivity index (χ1) is 16.3. The molecular formula is C25H37N5O5. The molecule has 2 atom stereocenters. The zero-order valence-corrected chi connectivity index (χ0v) is 21.4. The SMILES string of the molecule is CCCCNC(=O)C(c1cc(C)cc(C)c1)N(CC#N)C(=O)C(CC(N)=O)NC(=O)OC(C)(C)C. The van der Waals surface area contributed by atoms with E-state index < -0.39 is 54.5 Å². The van der Waals surface area contributed by atoms with E-state index >= 15 is 0 Å². The number of benzene rings is 1. The van der Waals surface area contributed by atoms with Crippen LogP contribution >= 0.6 is 0 Å². The molecule has 0 bridgehead atoms. The number of carbonyl (C=O) groups is 4. The molecule has 0 aliphatic heterocycles. The summed E-state index contributed by atoms with van der Waals surface area (Å²) in [4.78, 5) is 52.0. The third kappa shape index (κ3) is 10.0. The van der Waals surface area contributed by atoms with Crippen molar-refractivity contribution in [2.75, 3.05) is 13.1 Å². The van der Waals surface area contributed by atoms with Gasteiger partial charge < -0.3 is 26.0 Å². The van der Waals surface area contributed by atoms with Gasteiger partial charge in [0.05, 0.1) is 12.5 Å². The number of unbranched alkanes of at least 4 members (excludes halogenated alkanes) is 1. The van der Waals surface area contributed by atoms with Crippen molar-refractivity contribution in [3.63, 3.8) is 0 Å². The average molecular weight is 488 g/mol. The van der Waals surface area contributed by atoms with Crippen LogP contribution in [-0.2, 0) is 19.1 Å². The fourth-order valence-corrected chi connectivity index (χ4v) is 3.55. The van der Waals surface area contributed by atoms with E-state index in [4.69, 9.17) is 10.5 Å². The smallest absolute Gasteiger partial charge is 0.408 e. The molecule has 0 radical (unpaired) electrons.